The van der Waals surface area contributed by atoms with Crippen LogP contribution in [0.3, 0.4) is 0 Å². The molecule has 0 bridgehead atoms. The predicted octanol–water partition coefficient (Wildman–Crippen LogP) is 3.28. The average molecular weight is 277 g/mol. The number of rotatable bonds is 4. The fraction of sp³-hybridized carbons (Fsp3) is 0.0833. The molecule has 0 fully saturated rings. The van der Waals surface area contributed by atoms with Crippen molar-refractivity contribution in [3.8, 4) is 6.07 Å². The second-order valence-electron chi connectivity index (χ2n) is 3.72. The molecule has 5 nitrogen and oxygen atoms in total. The van der Waals surface area contributed by atoms with Gasteiger partial charge in [0.1, 0.15) is 11.9 Å². The van der Waals surface area contributed by atoms with Crippen LogP contribution < -0.4 is 5.32 Å². The van der Waals surface area contributed by atoms with E-state index in [1.165, 1.54) is 23.5 Å². The molecule has 1 heterocycles. The minimum Gasteiger partial charge on any atom is -0.380 e. The van der Waals surface area contributed by atoms with Crippen molar-refractivity contribution in [2.45, 2.75) is 6.54 Å². The molecule has 0 radical (unpaired) electrons. The second-order valence-corrected chi connectivity index (χ2v) is 4.72. The van der Waals surface area contributed by atoms with Crippen LogP contribution in [-0.2, 0) is 6.54 Å². The van der Waals surface area contributed by atoms with Gasteiger partial charge in [-0.05, 0) is 12.1 Å². The maximum Gasteiger partial charge on any atom is 0.274 e. The highest BCUT2D eigenvalue weighted by Crippen LogP contribution is 2.21. The van der Waals surface area contributed by atoms with Crippen molar-refractivity contribution in [1.82, 2.24) is 0 Å². The molecule has 1 aromatic heterocycles. The Morgan fingerprint density at radius 2 is 2.21 bits per heavy atom. The van der Waals surface area contributed by atoms with Gasteiger partial charge in [0.15, 0.2) is 0 Å². The van der Waals surface area contributed by atoms with Crippen LogP contribution in [0.25, 0.3) is 0 Å². The molecule has 2 rings (SSSR count). The van der Waals surface area contributed by atoms with Crippen molar-refractivity contribution in [2.24, 2.45) is 0 Å². The maximum atomic E-state index is 13.2. The molecule has 0 atom stereocenters. The third-order valence-electron chi connectivity index (χ3n) is 2.34. The molecular weight excluding hydrogens is 269 g/mol. The summed E-state index contributed by atoms with van der Waals surface area (Å²) in [6, 6.07) is 7.04. The number of hydrogen-bond donors (Lipinski definition) is 1. The zero-order valence-corrected chi connectivity index (χ0v) is 10.4. The molecule has 0 aliphatic rings. The number of halogens is 1. The van der Waals surface area contributed by atoms with E-state index in [4.69, 9.17) is 5.26 Å². The summed E-state index contributed by atoms with van der Waals surface area (Å²) >= 11 is 1.40. The number of hydrogen-bond acceptors (Lipinski definition) is 5. The first-order chi connectivity index (χ1) is 9.08. The Morgan fingerprint density at radius 3 is 2.84 bits per heavy atom. The number of nitrogens with one attached hydrogen (secondary N) is 1. The van der Waals surface area contributed by atoms with Crippen molar-refractivity contribution in [2.75, 3.05) is 5.32 Å². The fourth-order valence-corrected chi connectivity index (χ4v) is 2.25. The standard InChI is InChI=1S/C12H8FN3O2S/c13-9-2-10(4-11(3-9)16(17)18)15-6-12-1-8(5-14)7-19-12/h1-4,7,15H,6H2. The molecule has 96 valence electrons. The summed E-state index contributed by atoms with van der Waals surface area (Å²) in [5.74, 6) is -0.666. The van der Waals surface area contributed by atoms with Crippen LogP contribution in [0.1, 0.15) is 10.4 Å². The van der Waals surface area contributed by atoms with E-state index < -0.39 is 10.7 Å². The third kappa shape index (κ3) is 3.26. The first-order valence-electron chi connectivity index (χ1n) is 5.25. The van der Waals surface area contributed by atoms with Gasteiger partial charge in [-0.25, -0.2) is 4.39 Å². The summed E-state index contributed by atoms with van der Waals surface area (Å²) in [5.41, 5.74) is 0.594. The van der Waals surface area contributed by atoms with Gasteiger partial charge in [-0.15, -0.1) is 11.3 Å². The largest absolute Gasteiger partial charge is 0.380 e. The van der Waals surface area contributed by atoms with E-state index in [-0.39, 0.29) is 5.69 Å². The Kier molecular flexibility index (Phi) is 3.73. The van der Waals surface area contributed by atoms with E-state index in [0.717, 1.165) is 10.9 Å². The predicted molar refractivity (Wildman–Crippen MR) is 69.4 cm³/mol. The van der Waals surface area contributed by atoms with Gasteiger partial charge < -0.3 is 5.32 Å². The zero-order chi connectivity index (χ0) is 13.8. The number of nitrogens with zero attached hydrogens (tertiary/aromatic N) is 2. The Balaban J connectivity index is 2.11. The molecule has 7 heteroatoms. The van der Waals surface area contributed by atoms with Crippen LogP contribution in [0.2, 0.25) is 0 Å². The lowest BCUT2D eigenvalue weighted by Gasteiger charge is -2.04. The summed E-state index contributed by atoms with van der Waals surface area (Å²) in [7, 11) is 0. The Labute approximate surface area is 112 Å². The Morgan fingerprint density at radius 1 is 1.42 bits per heavy atom. The van der Waals surface area contributed by atoms with Crippen molar-refractivity contribution < 1.29 is 9.31 Å². The summed E-state index contributed by atoms with van der Waals surface area (Å²) < 4.78 is 13.2. The number of anilines is 1. The van der Waals surface area contributed by atoms with Gasteiger partial charge >= 0.3 is 0 Å². The molecule has 0 aliphatic heterocycles. The maximum absolute atomic E-state index is 13.2. The molecule has 0 saturated heterocycles. The molecule has 0 unspecified atom stereocenters. The minimum absolute atomic E-state index is 0.300. The van der Waals surface area contributed by atoms with Crippen LogP contribution in [-0.4, -0.2) is 4.92 Å². The average Bonchev–Trinajstić information content (AvgIpc) is 2.83. The second kappa shape index (κ2) is 5.46. The van der Waals surface area contributed by atoms with Gasteiger partial charge in [0.25, 0.3) is 5.69 Å². The normalized spacial score (nSPS) is 9.89. The number of benzene rings is 1. The van der Waals surface area contributed by atoms with Gasteiger partial charge in [-0.3, -0.25) is 10.1 Å². The lowest BCUT2D eigenvalue weighted by molar-refractivity contribution is -0.385. The van der Waals surface area contributed by atoms with Crippen LogP contribution in [0.15, 0.2) is 29.6 Å². The number of non-ortho nitro benzene ring substituents is 1. The van der Waals surface area contributed by atoms with Crippen LogP contribution >= 0.6 is 11.3 Å². The lowest BCUT2D eigenvalue weighted by atomic mass is 10.2. The highest BCUT2D eigenvalue weighted by Gasteiger charge is 2.09. The van der Waals surface area contributed by atoms with Gasteiger partial charge in [-0.2, -0.15) is 5.26 Å². The highest BCUT2D eigenvalue weighted by atomic mass is 32.1. The summed E-state index contributed by atoms with van der Waals surface area (Å²) in [6.45, 7) is 0.382. The number of nitriles is 1. The topological polar surface area (TPSA) is 79.0 Å². The number of nitro benzene ring substituents is 1. The van der Waals surface area contributed by atoms with Crippen LogP contribution in [0.4, 0.5) is 15.8 Å². The van der Waals surface area contributed by atoms with Crippen molar-refractivity contribution in [3.63, 3.8) is 0 Å². The quantitative estimate of drug-likeness (QED) is 0.687. The molecule has 19 heavy (non-hydrogen) atoms. The molecular formula is C12H8FN3O2S. The monoisotopic (exact) mass is 277 g/mol. The van der Waals surface area contributed by atoms with Gasteiger partial charge in [0.2, 0.25) is 0 Å². The summed E-state index contributed by atoms with van der Waals surface area (Å²) in [6.07, 6.45) is 0. The molecule has 2 aromatic rings. The first-order valence-corrected chi connectivity index (χ1v) is 6.13. The molecule has 1 N–H and O–H groups in total. The summed E-state index contributed by atoms with van der Waals surface area (Å²) in [5, 5.41) is 23.9. The van der Waals surface area contributed by atoms with E-state index in [1.807, 2.05) is 6.07 Å². The van der Waals surface area contributed by atoms with Gasteiger partial charge in [-0.1, -0.05) is 0 Å². The Hall–Kier alpha value is -2.46. The fourth-order valence-electron chi connectivity index (χ4n) is 1.50. The van der Waals surface area contributed by atoms with Crippen molar-refractivity contribution in [3.05, 3.63) is 56.0 Å². The molecule has 0 saturated carbocycles. The van der Waals surface area contributed by atoms with Gasteiger partial charge in [0, 0.05) is 28.6 Å². The molecule has 0 amide bonds. The van der Waals surface area contributed by atoms with E-state index in [1.54, 1.807) is 11.4 Å². The van der Waals surface area contributed by atoms with Crippen LogP contribution in [0.5, 0.6) is 0 Å². The Bertz CT molecular complexity index is 663. The number of thiophene rings is 1. The van der Waals surface area contributed by atoms with Crippen molar-refractivity contribution in [1.29, 1.82) is 5.26 Å². The first kappa shape index (κ1) is 13.0. The van der Waals surface area contributed by atoms with Crippen molar-refractivity contribution >= 4 is 22.7 Å². The highest BCUT2D eigenvalue weighted by molar-refractivity contribution is 7.10. The SMILES string of the molecule is N#Cc1csc(CNc2cc(F)cc([N+](=O)[O-])c2)c1. The minimum atomic E-state index is -0.666. The number of nitro groups is 1. The van der Waals surface area contributed by atoms with E-state index in [2.05, 4.69) is 5.32 Å². The molecule has 0 spiro atoms. The zero-order valence-electron chi connectivity index (χ0n) is 9.59. The van der Waals surface area contributed by atoms with E-state index >= 15 is 0 Å². The lowest BCUT2D eigenvalue weighted by Crippen LogP contribution is -1.99. The van der Waals surface area contributed by atoms with E-state index in [0.29, 0.717) is 17.8 Å². The van der Waals surface area contributed by atoms with Crippen LogP contribution in [0, 0.1) is 27.3 Å². The van der Waals surface area contributed by atoms with E-state index in [9.17, 15) is 14.5 Å². The smallest absolute Gasteiger partial charge is 0.274 e. The molecule has 1 aromatic carbocycles. The summed E-state index contributed by atoms with van der Waals surface area (Å²) in [4.78, 5) is 10.8. The molecule has 0 aliphatic carbocycles. The third-order valence-corrected chi connectivity index (χ3v) is 3.28. The van der Waals surface area contributed by atoms with Gasteiger partial charge in [0.05, 0.1) is 16.6 Å².